The molecule has 0 aliphatic heterocycles. The lowest BCUT2D eigenvalue weighted by Gasteiger charge is -2.17. The van der Waals surface area contributed by atoms with Gasteiger partial charge >= 0.3 is 0 Å². The molecule has 2 aromatic carbocycles. The zero-order valence-electron chi connectivity index (χ0n) is 11.5. The lowest BCUT2D eigenvalue weighted by Crippen LogP contribution is -2.14. The molecule has 0 aliphatic carbocycles. The fourth-order valence-electron chi connectivity index (χ4n) is 2.04. The summed E-state index contributed by atoms with van der Waals surface area (Å²) in [5.41, 5.74) is 7.00. The number of nitrogens with two attached hydrogens (primary N) is 1. The van der Waals surface area contributed by atoms with Gasteiger partial charge in [0.05, 0.1) is 20.3 Å². The number of rotatable bonds is 4. The van der Waals surface area contributed by atoms with Gasteiger partial charge in [0.25, 0.3) is 0 Å². The van der Waals surface area contributed by atoms with Crippen LogP contribution in [0.25, 0.3) is 0 Å². The zero-order valence-corrected chi connectivity index (χ0v) is 13.0. The maximum atomic E-state index is 14.2. The lowest BCUT2D eigenvalue weighted by molar-refractivity contribution is 0.351. The maximum Gasteiger partial charge on any atom is 0.163 e. The van der Waals surface area contributed by atoms with Gasteiger partial charge in [-0.05, 0) is 29.8 Å². The summed E-state index contributed by atoms with van der Waals surface area (Å²) in [5.74, 6) is 0.212. The number of ether oxygens (including phenoxy) is 2. The molecule has 0 saturated heterocycles. The van der Waals surface area contributed by atoms with Gasteiger partial charge in [0.15, 0.2) is 11.5 Å². The second kappa shape index (κ2) is 6.52. The molecule has 1 unspecified atom stereocenters. The molecule has 112 valence electrons. The summed E-state index contributed by atoms with van der Waals surface area (Å²) in [6, 6.07) is 6.90. The third kappa shape index (κ3) is 3.40. The van der Waals surface area contributed by atoms with Crippen molar-refractivity contribution in [1.82, 2.24) is 0 Å². The Kier molecular flexibility index (Phi) is 4.93. The van der Waals surface area contributed by atoms with Crippen molar-refractivity contribution >= 4 is 23.2 Å². The smallest absolute Gasteiger partial charge is 0.163 e. The summed E-state index contributed by atoms with van der Waals surface area (Å²) in [5, 5.41) is 0.877. The fourth-order valence-corrected chi connectivity index (χ4v) is 2.59. The summed E-state index contributed by atoms with van der Waals surface area (Å²) in [4.78, 5) is 0. The van der Waals surface area contributed by atoms with E-state index in [-0.39, 0.29) is 5.56 Å². The molecule has 21 heavy (non-hydrogen) atoms. The third-order valence-electron chi connectivity index (χ3n) is 3.08. The molecular formula is C15H14Cl2FNO2. The molecule has 0 aromatic heterocycles. The number of hydrogen-bond donors (Lipinski definition) is 1. The highest BCUT2D eigenvalue weighted by Gasteiger charge is 2.18. The van der Waals surface area contributed by atoms with Gasteiger partial charge in [0.2, 0.25) is 0 Å². The highest BCUT2D eigenvalue weighted by molar-refractivity contribution is 6.34. The van der Waals surface area contributed by atoms with Gasteiger partial charge in [-0.25, -0.2) is 4.39 Å². The topological polar surface area (TPSA) is 44.5 Å². The zero-order chi connectivity index (χ0) is 15.6. The van der Waals surface area contributed by atoms with Crippen molar-refractivity contribution in [2.75, 3.05) is 14.2 Å². The molecule has 2 N–H and O–H groups in total. The molecule has 0 spiro atoms. The van der Waals surface area contributed by atoms with Gasteiger partial charge in [-0.3, -0.25) is 0 Å². The number of halogens is 3. The van der Waals surface area contributed by atoms with Crippen molar-refractivity contribution in [2.45, 2.75) is 6.04 Å². The van der Waals surface area contributed by atoms with E-state index in [1.54, 1.807) is 18.2 Å². The van der Waals surface area contributed by atoms with E-state index in [0.29, 0.717) is 27.1 Å². The van der Waals surface area contributed by atoms with Crippen LogP contribution in [0.1, 0.15) is 17.2 Å². The molecule has 0 amide bonds. The molecule has 0 heterocycles. The van der Waals surface area contributed by atoms with Gasteiger partial charge in [-0.2, -0.15) is 0 Å². The fraction of sp³-hybridized carbons (Fsp3) is 0.200. The van der Waals surface area contributed by atoms with E-state index in [0.717, 1.165) is 0 Å². The van der Waals surface area contributed by atoms with Crippen LogP contribution in [-0.2, 0) is 0 Å². The molecule has 0 saturated carbocycles. The standard InChI is InChI=1S/C15H14Cl2FNO2/c1-20-13-6-11(12(18)7-14(13)21-2)15(19)8-3-9(16)5-10(17)4-8/h3-7,15H,19H2,1-2H3. The largest absolute Gasteiger partial charge is 0.493 e. The summed E-state index contributed by atoms with van der Waals surface area (Å²) < 4.78 is 24.4. The summed E-state index contributed by atoms with van der Waals surface area (Å²) in [6.07, 6.45) is 0. The van der Waals surface area contributed by atoms with Gasteiger partial charge in [0.1, 0.15) is 5.82 Å². The van der Waals surface area contributed by atoms with Crippen LogP contribution in [0.5, 0.6) is 11.5 Å². The predicted molar refractivity (Wildman–Crippen MR) is 82.0 cm³/mol. The monoisotopic (exact) mass is 329 g/mol. The van der Waals surface area contributed by atoms with E-state index < -0.39 is 11.9 Å². The molecule has 0 radical (unpaired) electrons. The molecule has 3 nitrogen and oxygen atoms in total. The van der Waals surface area contributed by atoms with Crippen molar-refractivity contribution in [3.63, 3.8) is 0 Å². The first-order valence-corrected chi connectivity index (χ1v) is 6.85. The van der Waals surface area contributed by atoms with E-state index in [9.17, 15) is 4.39 Å². The van der Waals surface area contributed by atoms with Crippen LogP contribution in [-0.4, -0.2) is 14.2 Å². The Labute approximate surface area is 132 Å². The summed E-state index contributed by atoms with van der Waals surface area (Å²) in [7, 11) is 2.91. The van der Waals surface area contributed by atoms with Gasteiger partial charge < -0.3 is 15.2 Å². The molecule has 0 bridgehead atoms. The maximum absolute atomic E-state index is 14.2. The highest BCUT2D eigenvalue weighted by atomic mass is 35.5. The van der Waals surface area contributed by atoms with Gasteiger partial charge in [-0.15, -0.1) is 0 Å². The van der Waals surface area contributed by atoms with E-state index in [1.807, 2.05) is 0 Å². The van der Waals surface area contributed by atoms with Crippen LogP contribution in [0.4, 0.5) is 4.39 Å². The SMILES string of the molecule is COc1cc(F)c(C(N)c2cc(Cl)cc(Cl)c2)cc1OC. The Morgan fingerprint density at radius 2 is 1.48 bits per heavy atom. The van der Waals surface area contributed by atoms with Crippen LogP contribution in [0.3, 0.4) is 0 Å². The van der Waals surface area contributed by atoms with Crippen LogP contribution in [0, 0.1) is 5.82 Å². The Morgan fingerprint density at radius 3 is 2.00 bits per heavy atom. The average Bonchev–Trinajstić information content (AvgIpc) is 2.45. The molecule has 6 heteroatoms. The Balaban J connectivity index is 2.49. The first kappa shape index (κ1) is 15.9. The van der Waals surface area contributed by atoms with E-state index in [1.165, 1.54) is 26.4 Å². The summed E-state index contributed by atoms with van der Waals surface area (Å²) >= 11 is 11.9. The number of methoxy groups -OCH3 is 2. The number of benzene rings is 2. The minimum atomic E-state index is -0.721. The first-order chi connectivity index (χ1) is 9.96. The second-order valence-electron chi connectivity index (χ2n) is 4.41. The van der Waals surface area contributed by atoms with Crippen LogP contribution in [0.15, 0.2) is 30.3 Å². The predicted octanol–water partition coefficient (Wildman–Crippen LogP) is 4.20. The van der Waals surface area contributed by atoms with Crippen LogP contribution >= 0.6 is 23.2 Å². The molecule has 2 rings (SSSR count). The Hall–Kier alpha value is -1.49. The van der Waals surface area contributed by atoms with E-state index in [4.69, 9.17) is 38.4 Å². The van der Waals surface area contributed by atoms with Gasteiger partial charge in [-0.1, -0.05) is 23.2 Å². The molecular weight excluding hydrogens is 316 g/mol. The molecule has 0 aliphatic rings. The Morgan fingerprint density at radius 1 is 0.952 bits per heavy atom. The molecule has 2 aromatic rings. The van der Waals surface area contributed by atoms with Gasteiger partial charge in [0, 0.05) is 21.7 Å². The van der Waals surface area contributed by atoms with Crippen molar-refractivity contribution in [1.29, 1.82) is 0 Å². The highest BCUT2D eigenvalue weighted by Crippen LogP contribution is 2.34. The number of hydrogen-bond acceptors (Lipinski definition) is 3. The Bertz CT molecular complexity index is 644. The second-order valence-corrected chi connectivity index (χ2v) is 5.28. The van der Waals surface area contributed by atoms with Crippen molar-refractivity contribution in [3.8, 4) is 11.5 Å². The quantitative estimate of drug-likeness (QED) is 0.914. The van der Waals surface area contributed by atoms with Crippen LogP contribution < -0.4 is 15.2 Å². The molecule has 1 atom stereocenters. The summed E-state index contributed by atoms with van der Waals surface area (Å²) in [6.45, 7) is 0. The van der Waals surface area contributed by atoms with E-state index >= 15 is 0 Å². The van der Waals surface area contributed by atoms with Crippen molar-refractivity contribution < 1.29 is 13.9 Å². The first-order valence-electron chi connectivity index (χ1n) is 6.09. The average molecular weight is 330 g/mol. The van der Waals surface area contributed by atoms with E-state index in [2.05, 4.69) is 0 Å². The van der Waals surface area contributed by atoms with Crippen molar-refractivity contribution in [3.05, 3.63) is 57.3 Å². The lowest BCUT2D eigenvalue weighted by atomic mass is 9.98. The van der Waals surface area contributed by atoms with Crippen LogP contribution in [0.2, 0.25) is 10.0 Å². The molecule has 0 fully saturated rings. The minimum absolute atomic E-state index is 0.269. The third-order valence-corrected chi connectivity index (χ3v) is 3.52. The normalized spacial score (nSPS) is 12.1. The van der Waals surface area contributed by atoms with Crippen molar-refractivity contribution in [2.24, 2.45) is 5.73 Å². The minimum Gasteiger partial charge on any atom is -0.493 e.